The van der Waals surface area contributed by atoms with Gasteiger partial charge in [0.1, 0.15) is 0 Å². The summed E-state index contributed by atoms with van der Waals surface area (Å²) in [6.07, 6.45) is 0. The smallest absolute Gasteiger partial charge is 0.258 e. The van der Waals surface area contributed by atoms with E-state index in [0.717, 1.165) is 5.56 Å². The Bertz CT molecular complexity index is 1040. The molecule has 27 heavy (non-hydrogen) atoms. The average Bonchev–Trinajstić information content (AvgIpc) is 2.69. The number of nitro groups is 1. The van der Waals surface area contributed by atoms with Gasteiger partial charge in [-0.1, -0.05) is 48.0 Å². The van der Waals surface area contributed by atoms with E-state index in [9.17, 15) is 19.6 Å². The Morgan fingerprint density at radius 2 is 1.63 bits per heavy atom. The van der Waals surface area contributed by atoms with Gasteiger partial charge in [-0.3, -0.25) is 10.1 Å². The van der Waals surface area contributed by atoms with Crippen LogP contribution < -0.4 is 0 Å². The van der Waals surface area contributed by atoms with Gasteiger partial charge >= 0.3 is 0 Å². The van der Waals surface area contributed by atoms with Crippen molar-refractivity contribution >= 4 is 16.5 Å². The van der Waals surface area contributed by atoms with Gasteiger partial charge in [0.2, 0.25) is 0 Å². The molecule has 0 aliphatic rings. The maximum absolute atomic E-state index is 13.1. The summed E-state index contributed by atoms with van der Waals surface area (Å²) < 4.78 is 13.1. The third kappa shape index (κ3) is 3.94. The largest absolute Gasteiger partial charge is 0.269 e. The molecule has 0 spiro atoms. The minimum Gasteiger partial charge on any atom is -0.258 e. The molecule has 2 atom stereocenters. The molecule has 6 heteroatoms. The molecular formula is C21H16N2O3S. The zero-order valence-electron chi connectivity index (χ0n) is 14.5. The summed E-state index contributed by atoms with van der Waals surface area (Å²) in [4.78, 5) is 11.6. The van der Waals surface area contributed by atoms with Gasteiger partial charge in [-0.05, 0) is 36.2 Å². The molecule has 1 unspecified atom stereocenters. The van der Waals surface area contributed by atoms with Gasteiger partial charge in [0.25, 0.3) is 5.69 Å². The van der Waals surface area contributed by atoms with Gasteiger partial charge in [0.15, 0.2) is 0 Å². The topological polar surface area (TPSA) is 84.0 Å². The highest BCUT2D eigenvalue weighted by Crippen LogP contribution is 2.31. The second-order valence-electron chi connectivity index (χ2n) is 6.03. The van der Waals surface area contributed by atoms with Crippen LogP contribution in [0.1, 0.15) is 22.6 Å². The van der Waals surface area contributed by atoms with Crippen molar-refractivity contribution in [3.05, 3.63) is 99.6 Å². The lowest BCUT2D eigenvalue weighted by Crippen LogP contribution is -2.05. The summed E-state index contributed by atoms with van der Waals surface area (Å²) in [7, 11) is -1.43. The number of nitriles is 1. The minimum absolute atomic E-state index is 0.0352. The Kier molecular flexibility index (Phi) is 5.43. The van der Waals surface area contributed by atoms with Crippen LogP contribution in [0, 0.1) is 28.4 Å². The lowest BCUT2D eigenvalue weighted by molar-refractivity contribution is -0.384. The number of nitrogens with zero attached hydrogens (tertiary/aromatic N) is 2. The fraction of sp³-hybridized carbons (Fsp3) is 0.0952. The zero-order chi connectivity index (χ0) is 19.4. The van der Waals surface area contributed by atoms with E-state index in [4.69, 9.17) is 0 Å². The molecule has 5 nitrogen and oxygen atoms in total. The molecule has 0 aliphatic carbocycles. The highest BCUT2D eigenvalue weighted by molar-refractivity contribution is 7.85. The fourth-order valence-electron chi connectivity index (χ4n) is 2.79. The molecule has 0 fully saturated rings. The first-order valence-electron chi connectivity index (χ1n) is 8.22. The van der Waals surface area contributed by atoms with Gasteiger partial charge < -0.3 is 0 Å². The van der Waals surface area contributed by atoms with Crippen LogP contribution in [0.25, 0.3) is 0 Å². The number of hydrogen-bond donors (Lipinski definition) is 0. The van der Waals surface area contributed by atoms with Crippen LogP contribution in [0.3, 0.4) is 0 Å². The molecule has 0 amide bonds. The van der Waals surface area contributed by atoms with Crippen LogP contribution in [-0.2, 0) is 10.8 Å². The summed E-state index contributed by atoms with van der Waals surface area (Å²) in [5.74, 6) is -0.670. The summed E-state index contributed by atoms with van der Waals surface area (Å²) in [5.41, 5.74) is 2.29. The predicted molar refractivity (Wildman–Crippen MR) is 103 cm³/mol. The van der Waals surface area contributed by atoms with Crippen molar-refractivity contribution in [3.63, 3.8) is 0 Å². The molecule has 3 rings (SSSR count). The predicted octanol–water partition coefficient (Wildman–Crippen LogP) is 4.73. The van der Waals surface area contributed by atoms with Crippen molar-refractivity contribution in [3.8, 4) is 6.07 Å². The number of hydrogen-bond acceptors (Lipinski definition) is 4. The Morgan fingerprint density at radius 1 is 1.00 bits per heavy atom. The first kappa shape index (κ1) is 18.5. The second kappa shape index (κ2) is 7.94. The molecule has 3 aromatic rings. The second-order valence-corrected chi connectivity index (χ2v) is 7.48. The van der Waals surface area contributed by atoms with Crippen LogP contribution in [0.2, 0.25) is 0 Å². The van der Waals surface area contributed by atoms with E-state index in [1.54, 1.807) is 36.4 Å². The minimum atomic E-state index is -1.43. The van der Waals surface area contributed by atoms with Crippen LogP contribution in [0.15, 0.2) is 82.6 Å². The normalized spacial score (nSPS) is 12.7. The number of nitro benzene ring substituents is 1. The number of rotatable bonds is 5. The molecule has 0 N–H and O–H groups in total. The van der Waals surface area contributed by atoms with E-state index in [2.05, 4.69) is 6.07 Å². The summed E-state index contributed by atoms with van der Waals surface area (Å²) in [6, 6.07) is 22.6. The average molecular weight is 376 g/mol. The Balaban J connectivity index is 2.03. The van der Waals surface area contributed by atoms with E-state index in [-0.39, 0.29) is 5.69 Å². The Labute approximate surface area is 159 Å². The maximum Gasteiger partial charge on any atom is 0.269 e. The van der Waals surface area contributed by atoms with Gasteiger partial charge in [-0.2, -0.15) is 5.26 Å². The molecule has 0 heterocycles. The third-order valence-electron chi connectivity index (χ3n) is 4.23. The molecule has 0 aliphatic heterocycles. The molecule has 0 aromatic heterocycles. The standard InChI is InChI=1S/C21H16N2O3S/c1-15-6-12-18(13-7-15)27(26)21-5-3-2-4-19(21)20(14-22)16-8-10-17(11-9-16)23(24)25/h2-13,20H,1H3/t20-,27?/m0/s1. The van der Waals surface area contributed by atoms with Crippen molar-refractivity contribution in [1.29, 1.82) is 5.26 Å². The Morgan fingerprint density at radius 3 is 2.22 bits per heavy atom. The van der Waals surface area contributed by atoms with Crippen LogP contribution in [0.4, 0.5) is 5.69 Å². The van der Waals surface area contributed by atoms with Crippen molar-refractivity contribution in [2.75, 3.05) is 0 Å². The van der Waals surface area contributed by atoms with E-state index in [1.807, 2.05) is 31.2 Å². The number of benzene rings is 3. The van der Waals surface area contributed by atoms with Gasteiger partial charge in [0, 0.05) is 21.9 Å². The lowest BCUT2D eigenvalue weighted by atomic mass is 9.92. The SMILES string of the molecule is Cc1ccc(S(=O)c2ccccc2[C@@H](C#N)c2ccc([N+](=O)[O-])cc2)cc1. The summed E-state index contributed by atoms with van der Waals surface area (Å²) in [5, 5.41) is 20.6. The van der Waals surface area contributed by atoms with E-state index >= 15 is 0 Å². The van der Waals surface area contributed by atoms with E-state index in [1.165, 1.54) is 12.1 Å². The molecule has 0 saturated carbocycles. The first-order chi connectivity index (χ1) is 13.0. The quantitative estimate of drug-likeness (QED) is 0.476. The van der Waals surface area contributed by atoms with Crippen molar-refractivity contribution in [2.45, 2.75) is 22.6 Å². The monoisotopic (exact) mass is 376 g/mol. The molecule has 0 bridgehead atoms. The fourth-order valence-corrected chi connectivity index (χ4v) is 4.03. The van der Waals surface area contributed by atoms with Gasteiger partial charge in [-0.25, -0.2) is 4.21 Å². The van der Waals surface area contributed by atoms with E-state index in [0.29, 0.717) is 20.9 Å². The van der Waals surface area contributed by atoms with Crippen LogP contribution in [-0.4, -0.2) is 9.13 Å². The lowest BCUT2D eigenvalue weighted by Gasteiger charge is -2.15. The molecule has 0 radical (unpaired) electrons. The van der Waals surface area contributed by atoms with E-state index < -0.39 is 21.6 Å². The molecular weight excluding hydrogens is 360 g/mol. The van der Waals surface area contributed by atoms with Crippen molar-refractivity contribution < 1.29 is 9.13 Å². The summed E-state index contributed by atoms with van der Waals surface area (Å²) in [6.45, 7) is 1.96. The molecule has 3 aromatic carbocycles. The zero-order valence-corrected chi connectivity index (χ0v) is 15.3. The van der Waals surface area contributed by atoms with Crippen molar-refractivity contribution in [1.82, 2.24) is 0 Å². The molecule has 134 valence electrons. The van der Waals surface area contributed by atoms with Crippen molar-refractivity contribution in [2.24, 2.45) is 0 Å². The van der Waals surface area contributed by atoms with Crippen LogP contribution in [0.5, 0.6) is 0 Å². The van der Waals surface area contributed by atoms with Gasteiger partial charge in [0.05, 0.1) is 27.7 Å². The first-order valence-corrected chi connectivity index (χ1v) is 9.37. The summed E-state index contributed by atoms with van der Waals surface area (Å²) >= 11 is 0. The van der Waals surface area contributed by atoms with Crippen LogP contribution >= 0.6 is 0 Å². The van der Waals surface area contributed by atoms with Gasteiger partial charge in [-0.15, -0.1) is 0 Å². The molecule has 0 saturated heterocycles. The highest BCUT2D eigenvalue weighted by Gasteiger charge is 2.21. The third-order valence-corrected chi connectivity index (χ3v) is 5.70. The highest BCUT2D eigenvalue weighted by atomic mass is 32.2. The Hall–Kier alpha value is -3.30. The maximum atomic E-state index is 13.1. The number of aryl methyl sites for hydroxylation is 1. The number of non-ortho nitro benzene ring substituents is 1.